The smallest absolute Gasteiger partial charge is 0.366 e. The lowest BCUT2D eigenvalue weighted by molar-refractivity contribution is 0.0515. The fourth-order valence-corrected chi connectivity index (χ4v) is 2.19. The van der Waals surface area contributed by atoms with Crippen LogP contribution in [0, 0.1) is 6.92 Å². The number of nitrogen functional groups attached to an aromatic ring is 1. The van der Waals surface area contributed by atoms with Crippen LogP contribution < -0.4 is 11.5 Å². The number of nitrogens with zero attached hydrogens (tertiary/aromatic N) is 1. The molecule has 6 heteroatoms. The molecular formula is C15H14BrN3O2. The SMILES string of the molecule is Cc1c(N)cccc1/C(N)=N/OC(=O)c1ccccc1Br. The Morgan fingerprint density at radius 3 is 2.52 bits per heavy atom. The molecule has 0 aliphatic carbocycles. The molecule has 0 fully saturated rings. The summed E-state index contributed by atoms with van der Waals surface area (Å²) < 4.78 is 0.629. The molecule has 0 heterocycles. The van der Waals surface area contributed by atoms with Crippen molar-refractivity contribution in [2.75, 3.05) is 5.73 Å². The average Bonchev–Trinajstić information content (AvgIpc) is 2.47. The molecule has 2 rings (SSSR count). The van der Waals surface area contributed by atoms with Crippen LogP contribution in [0.1, 0.15) is 21.5 Å². The molecule has 0 saturated carbocycles. The van der Waals surface area contributed by atoms with Gasteiger partial charge < -0.3 is 16.3 Å². The molecule has 0 bridgehead atoms. The number of carbonyl (C=O) groups is 1. The normalized spacial score (nSPS) is 11.2. The number of halogens is 1. The number of benzene rings is 2. The Bertz CT molecular complexity index is 714. The molecule has 2 aromatic rings. The van der Waals surface area contributed by atoms with Crippen LogP contribution in [0.2, 0.25) is 0 Å². The topological polar surface area (TPSA) is 90.7 Å². The summed E-state index contributed by atoms with van der Waals surface area (Å²) in [5, 5.41) is 3.68. The summed E-state index contributed by atoms with van der Waals surface area (Å²) in [5.41, 5.74) is 14.0. The van der Waals surface area contributed by atoms with Gasteiger partial charge in [0.2, 0.25) is 0 Å². The molecule has 0 saturated heterocycles. The van der Waals surface area contributed by atoms with E-state index in [4.69, 9.17) is 16.3 Å². The van der Waals surface area contributed by atoms with Gasteiger partial charge in [0.15, 0.2) is 5.84 Å². The minimum absolute atomic E-state index is 0.0974. The van der Waals surface area contributed by atoms with E-state index >= 15 is 0 Å². The minimum atomic E-state index is -0.591. The molecule has 108 valence electrons. The van der Waals surface area contributed by atoms with Gasteiger partial charge in [-0.1, -0.05) is 29.4 Å². The summed E-state index contributed by atoms with van der Waals surface area (Å²) >= 11 is 3.27. The third-order valence-corrected chi connectivity index (χ3v) is 3.66. The molecule has 4 N–H and O–H groups in total. The van der Waals surface area contributed by atoms with Crippen LogP contribution in [-0.2, 0) is 4.84 Å². The van der Waals surface area contributed by atoms with Gasteiger partial charge in [-0.2, -0.15) is 0 Å². The number of rotatable bonds is 3. The van der Waals surface area contributed by atoms with E-state index in [1.54, 1.807) is 42.5 Å². The fraction of sp³-hybridized carbons (Fsp3) is 0.0667. The maximum Gasteiger partial charge on any atom is 0.366 e. The third-order valence-electron chi connectivity index (χ3n) is 2.97. The van der Waals surface area contributed by atoms with Gasteiger partial charge in [0, 0.05) is 15.7 Å². The number of nitrogens with two attached hydrogens (primary N) is 2. The van der Waals surface area contributed by atoms with Crippen molar-refractivity contribution in [2.45, 2.75) is 6.92 Å². The van der Waals surface area contributed by atoms with Gasteiger partial charge in [-0.25, -0.2) is 4.79 Å². The maximum atomic E-state index is 11.9. The third kappa shape index (κ3) is 3.41. The van der Waals surface area contributed by atoms with Crippen molar-refractivity contribution >= 4 is 33.4 Å². The number of anilines is 1. The van der Waals surface area contributed by atoms with Crippen LogP contribution >= 0.6 is 15.9 Å². The molecule has 0 radical (unpaired) electrons. The quantitative estimate of drug-likeness (QED) is 0.293. The molecule has 0 atom stereocenters. The predicted octanol–water partition coefficient (Wildman–Crippen LogP) is 2.82. The first kappa shape index (κ1) is 15.1. The zero-order valence-corrected chi connectivity index (χ0v) is 12.9. The number of amidine groups is 1. The molecule has 0 aliphatic rings. The second-order valence-electron chi connectivity index (χ2n) is 4.35. The van der Waals surface area contributed by atoms with E-state index < -0.39 is 5.97 Å². The van der Waals surface area contributed by atoms with Crippen molar-refractivity contribution < 1.29 is 9.63 Å². The molecular weight excluding hydrogens is 334 g/mol. The minimum Gasteiger partial charge on any atom is -0.398 e. The molecule has 0 spiro atoms. The first-order valence-corrected chi connectivity index (χ1v) is 6.95. The second kappa shape index (κ2) is 6.41. The Morgan fingerprint density at radius 1 is 1.14 bits per heavy atom. The number of hydrogen-bond acceptors (Lipinski definition) is 4. The fourth-order valence-electron chi connectivity index (χ4n) is 1.75. The summed E-state index contributed by atoms with van der Waals surface area (Å²) in [7, 11) is 0. The monoisotopic (exact) mass is 347 g/mol. The van der Waals surface area contributed by atoms with Gasteiger partial charge in [-0.15, -0.1) is 0 Å². The lowest BCUT2D eigenvalue weighted by Gasteiger charge is -2.07. The van der Waals surface area contributed by atoms with Gasteiger partial charge in [0.1, 0.15) is 0 Å². The Morgan fingerprint density at radius 2 is 1.81 bits per heavy atom. The molecule has 0 amide bonds. The van der Waals surface area contributed by atoms with Gasteiger partial charge in [0.05, 0.1) is 5.56 Å². The highest BCUT2D eigenvalue weighted by molar-refractivity contribution is 9.10. The lowest BCUT2D eigenvalue weighted by atomic mass is 10.1. The Hall–Kier alpha value is -2.34. The molecule has 5 nitrogen and oxygen atoms in total. The van der Waals surface area contributed by atoms with Crippen molar-refractivity contribution in [3.8, 4) is 0 Å². The Balaban J connectivity index is 2.19. The molecule has 0 unspecified atom stereocenters. The van der Waals surface area contributed by atoms with E-state index in [0.717, 1.165) is 5.56 Å². The summed E-state index contributed by atoms with van der Waals surface area (Å²) in [4.78, 5) is 16.8. The molecule has 2 aromatic carbocycles. The maximum absolute atomic E-state index is 11.9. The number of carbonyl (C=O) groups excluding carboxylic acids is 1. The van der Waals surface area contributed by atoms with Crippen LogP contribution in [-0.4, -0.2) is 11.8 Å². The van der Waals surface area contributed by atoms with Crippen LogP contribution in [0.4, 0.5) is 5.69 Å². The van der Waals surface area contributed by atoms with Crippen molar-refractivity contribution in [3.05, 3.63) is 63.6 Å². The van der Waals surface area contributed by atoms with Crippen molar-refractivity contribution in [1.82, 2.24) is 0 Å². The lowest BCUT2D eigenvalue weighted by Crippen LogP contribution is -2.17. The Kier molecular flexibility index (Phi) is 4.59. The van der Waals surface area contributed by atoms with E-state index in [1.165, 1.54) is 0 Å². The summed E-state index contributed by atoms with van der Waals surface area (Å²) in [6, 6.07) is 12.2. The second-order valence-corrected chi connectivity index (χ2v) is 5.21. The zero-order chi connectivity index (χ0) is 15.4. The van der Waals surface area contributed by atoms with E-state index in [-0.39, 0.29) is 5.84 Å². The zero-order valence-electron chi connectivity index (χ0n) is 11.3. The summed E-state index contributed by atoms with van der Waals surface area (Å²) in [6.07, 6.45) is 0. The highest BCUT2D eigenvalue weighted by Gasteiger charge is 2.12. The number of oxime groups is 1. The molecule has 0 aliphatic heterocycles. The van der Waals surface area contributed by atoms with Gasteiger partial charge >= 0.3 is 5.97 Å². The van der Waals surface area contributed by atoms with Gasteiger partial charge in [-0.3, -0.25) is 0 Å². The van der Waals surface area contributed by atoms with Gasteiger partial charge in [0.25, 0.3) is 0 Å². The van der Waals surface area contributed by atoms with Crippen LogP contribution in [0.15, 0.2) is 52.1 Å². The van der Waals surface area contributed by atoms with Crippen molar-refractivity contribution in [1.29, 1.82) is 0 Å². The Labute approximate surface area is 130 Å². The van der Waals surface area contributed by atoms with Crippen LogP contribution in [0.25, 0.3) is 0 Å². The van der Waals surface area contributed by atoms with E-state index in [2.05, 4.69) is 21.1 Å². The van der Waals surface area contributed by atoms with E-state index in [9.17, 15) is 4.79 Å². The van der Waals surface area contributed by atoms with E-state index in [0.29, 0.717) is 21.3 Å². The largest absolute Gasteiger partial charge is 0.398 e. The standard InChI is InChI=1S/C15H14BrN3O2/c1-9-10(6-4-8-13(9)17)14(18)19-21-15(20)11-5-2-3-7-12(11)16/h2-8H,17H2,1H3,(H2,18,19). The summed E-state index contributed by atoms with van der Waals surface area (Å²) in [5.74, 6) is -0.493. The highest BCUT2D eigenvalue weighted by atomic mass is 79.9. The first-order chi connectivity index (χ1) is 10.0. The number of hydrogen-bond donors (Lipinski definition) is 2. The van der Waals surface area contributed by atoms with Gasteiger partial charge in [-0.05, 0) is 46.6 Å². The molecule has 0 aromatic heterocycles. The van der Waals surface area contributed by atoms with Crippen LogP contribution in [0.5, 0.6) is 0 Å². The van der Waals surface area contributed by atoms with Crippen molar-refractivity contribution in [3.63, 3.8) is 0 Å². The van der Waals surface area contributed by atoms with Crippen molar-refractivity contribution in [2.24, 2.45) is 10.9 Å². The van der Waals surface area contributed by atoms with E-state index in [1.807, 2.05) is 6.92 Å². The molecule has 21 heavy (non-hydrogen) atoms. The average molecular weight is 348 g/mol. The summed E-state index contributed by atoms with van der Waals surface area (Å²) in [6.45, 7) is 1.82. The first-order valence-electron chi connectivity index (χ1n) is 6.15. The highest BCUT2D eigenvalue weighted by Crippen LogP contribution is 2.18. The predicted molar refractivity (Wildman–Crippen MR) is 85.9 cm³/mol. The van der Waals surface area contributed by atoms with Crippen LogP contribution in [0.3, 0.4) is 0 Å².